The fraction of sp³-hybridized carbons (Fsp3) is 0.562. The Labute approximate surface area is 138 Å². The maximum absolute atomic E-state index is 11.9. The van der Waals surface area contributed by atoms with Crippen LogP contribution in [-0.2, 0) is 17.8 Å². The molecular formula is C16H20N4O2S. The number of nitrogens with zero attached hydrogens (tertiary/aromatic N) is 3. The van der Waals surface area contributed by atoms with Crippen LogP contribution in [0.4, 0.5) is 5.13 Å². The predicted molar refractivity (Wildman–Crippen MR) is 88.9 cm³/mol. The standard InChI is InChI=1S/C16H20N4O2S/c21-15-2-1-8-17-20(15)12-5-3-11(4-6-12)18-16-19-13-7-9-22-10-14(13)23-16/h1-2,8,11-12H,3-7,9-10H2,(H,18,19). The Bertz CT molecular complexity index is 710. The van der Waals surface area contributed by atoms with Crippen molar-refractivity contribution in [3.8, 4) is 0 Å². The molecule has 2 aromatic rings. The van der Waals surface area contributed by atoms with E-state index >= 15 is 0 Å². The minimum Gasteiger partial charge on any atom is -0.375 e. The summed E-state index contributed by atoms with van der Waals surface area (Å²) >= 11 is 1.71. The molecule has 0 spiro atoms. The first-order valence-corrected chi connectivity index (χ1v) is 8.98. The van der Waals surface area contributed by atoms with Crippen molar-refractivity contribution in [2.45, 2.75) is 50.8 Å². The van der Waals surface area contributed by atoms with Gasteiger partial charge in [-0.25, -0.2) is 9.67 Å². The third-order valence-corrected chi connectivity index (χ3v) is 5.61. The molecule has 2 aliphatic rings. The van der Waals surface area contributed by atoms with Gasteiger partial charge >= 0.3 is 0 Å². The summed E-state index contributed by atoms with van der Waals surface area (Å²) in [4.78, 5) is 17.8. The molecule has 0 aromatic carbocycles. The summed E-state index contributed by atoms with van der Waals surface area (Å²) in [5.74, 6) is 0. The Balaban J connectivity index is 1.37. The van der Waals surface area contributed by atoms with Gasteiger partial charge in [-0.05, 0) is 31.7 Å². The minimum atomic E-state index is -0.00323. The van der Waals surface area contributed by atoms with Crippen LogP contribution in [0, 0.1) is 0 Å². The Morgan fingerprint density at radius 1 is 1.30 bits per heavy atom. The zero-order valence-corrected chi connectivity index (χ0v) is 13.7. The molecule has 122 valence electrons. The second-order valence-corrected chi connectivity index (χ2v) is 7.23. The van der Waals surface area contributed by atoms with Crippen molar-refractivity contribution >= 4 is 16.5 Å². The molecule has 2 aromatic heterocycles. The van der Waals surface area contributed by atoms with Gasteiger partial charge in [0, 0.05) is 24.7 Å². The molecular weight excluding hydrogens is 312 g/mol. The molecule has 0 radical (unpaired) electrons. The fourth-order valence-corrected chi connectivity index (χ4v) is 4.39. The summed E-state index contributed by atoms with van der Waals surface area (Å²) in [5.41, 5.74) is 1.19. The lowest BCUT2D eigenvalue weighted by Gasteiger charge is -2.29. The molecule has 1 N–H and O–H groups in total. The Kier molecular flexibility index (Phi) is 4.13. The summed E-state index contributed by atoms with van der Waals surface area (Å²) in [6.45, 7) is 1.48. The fourth-order valence-electron chi connectivity index (χ4n) is 3.37. The van der Waals surface area contributed by atoms with Gasteiger partial charge in [-0.1, -0.05) is 11.3 Å². The molecule has 1 aliphatic carbocycles. The topological polar surface area (TPSA) is 69.0 Å². The van der Waals surface area contributed by atoms with E-state index in [1.165, 1.54) is 10.6 Å². The van der Waals surface area contributed by atoms with Crippen LogP contribution in [0.3, 0.4) is 0 Å². The van der Waals surface area contributed by atoms with Gasteiger partial charge in [0.05, 0.1) is 29.8 Å². The summed E-state index contributed by atoms with van der Waals surface area (Å²) < 4.78 is 7.11. The summed E-state index contributed by atoms with van der Waals surface area (Å²) in [7, 11) is 0. The molecule has 0 saturated heterocycles. The highest BCUT2D eigenvalue weighted by Gasteiger charge is 2.25. The number of rotatable bonds is 3. The molecule has 23 heavy (non-hydrogen) atoms. The minimum absolute atomic E-state index is 0.00323. The zero-order valence-electron chi connectivity index (χ0n) is 12.9. The molecule has 6 nitrogen and oxygen atoms in total. The van der Waals surface area contributed by atoms with Gasteiger partial charge in [0.1, 0.15) is 0 Å². The summed E-state index contributed by atoms with van der Waals surface area (Å²) in [5, 5.41) is 8.80. The van der Waals surface area contributed by atoms with Crippen molar-refractivity contribution in [3.63, 3.8) is 0 Å². The van der Waals surface area contributed by atoms with Crippen LogP contribution in [0.1, 0.15) is 42.3 Å². The van der Waals surface area contributed by atoms with Crippen LogP contribution in [0.25, 0.3) is 0 Å². The van der Waals surface area contributed by atoms with E-state index in [9.17, 15) is 4.79 Å². The van der Waals surface area contributed by atoms with Crippen molar-refractivity contribution in [1.82, 2.24) is 14.8 Å². The zero-order chi connectivity index (χ0) is 15.6. The first-order chi connectivity index (χ1) is 11.3. The molecule has 1 aliphatic heterocycles. The van der Waals surface area contributed by atoms with Gasteiger partial charge in [0.25, 0.3) is 5.56 Å². The average molecular weight is 332 g/mol. The molecule has 3 heterocycles. The number of aromatic nitrogens is 3. The van der Waals surface area contributed by atoms with Crippen molar-refractivity contribution in [2.75, 3.05) is 11.9 Å². The van der Waals surface area contributed by atoms with E-state index in [0.29, 0.717) is 12.6 Å². The molecule has 1 fully saturated rings. The van der Waals surface area contributed by atoms with Crippen molar-refractivity contribution < 1.29 is 4.74 Å². The first-order valence-electron chi connectivity index (χ1n) is 8.16. The van der Waals surface area contributed by atoms with Gasteiger partial charge in [-0.15, -0.1) is 0 Å². The van der Waals surface area contributed by atoms with Crippen LogP contribution in [0.5, 0.6) is 0 Å². The number of nitrogens with one attached hydrogen (secondary N) is 1. The van der Waals surface area contributed by atoms with Crippen LogP contribution in [0.2, 0.25) is 0 Å². The highest BCUT2D eigenvalue weighted by molar-refractivity contribution is 7.15. The van der Waals surface area contributed by atoms with E-state index in [1.807, 2.05) is 0 Å². The van der Waals surface area contributed by atoms with Gasteiger partial charge in [0.2, 0.25) is 0 Å². The summed E-state index contributed by atoms with van der Waals surface area (Å²) in [6.07, 6.45) is 6.63. The van der Waals surface area contributed by atoms with E-state index in [2.05, 4.69) is 10.4 Å². The number of fused-ring (bicyclic) bond motifs is 1. The van der Waals surface area contributed by atoms with Gasteiger partial charge in [0.15, 0.2) is 5.13 Å². The van der Waals surface area contributed by atoms with E-state index in [0.717, 1.165) is 43.8 Å². The molecule has 0 amide bonds. The van der Waals surface area contributed by atoms with Crippen molar-refractivity contribution in [1.29, 1.82) is 0 Å². The maximum Gasteiger partial charge on any atom is 0.266 e. The van der Waals surface area contributed by atoms with Crippen LogP contribution in [0.15, 0.2) is 23.1 Å². The number of thiazole rings is 1. The molecule has 7 heteroatoms. The van der Waals surface area contributed by atoms with Crippen LogP contribution in [-0.4, -0.2) is 27.4 Å². The number of ether oxygens (including phenoxy) is 1. The molecule has 0 bridgehead atoms. The number of anilines is 1. The normalized spacial score (nSPS) is 24.2. The van der Waals surface area contributed by atoms with Gasteiger partial charge < -0.3 is 10.1 Å². The molecule has 1 saturated carbocycles. The lowest BCUT2D eigenvalue weighted by molar-refractivity contribution is 0.112. The Hall–Kier alpha value is -1.73. The molecule has 0 atom stereocenters. The highest BCUT2D eigenvalue weighted by atomic mass is 32.1. The maximum atomic E-state index is 11.9. The van der Waals surface area contributed by atoms with E-state index in [-0.39, 0.29) is 11.6 Å². The van der Waals surface area contributed by atoms with Crippen LogP contribution < -0.4 is 10.9 Å². The average Bonchev–Trinajstić information content (AvgIpc) is 2.98. The monoisotopic (exact) mass is 332 g/mol. The largest absolute Gasteiger partial charge is 0.375 e. The van der Waals surface area contributed by atoms with Gasteiger partial charge in [-0.3, -0.25) is 4.79 Å². The van der Waals surface area contributed by atoms with Crippen molar-refractivity contribution in [3.05, 3.63) is 39.3 Å². The smallest absolute Gasteiger partial charge is 0.266 e. The third kappa shape index (κ3) is 3.16. The lowest BCUT2D eigenvalue weighted by Crippen LogP contribution is -2.32. The second kappa shape index (κ2) is 6.41. The summed E-state index contributed by atoms with van der Waals surface area (Å²) in [6, 6.07) is 3.93. The quantitative estimate of drug-likeness (QED) is 0.934. The van der Waals surface area contributed by atoms with E-state index < -0.39 is 0 Å². The SMILES string of the molecule is O=c1cccnn1C1CCC(Nc2nc3c(s2)COCC3)CC1. The van der Waals surface area contributed by atoms with Crippen LogP contribution >= 0.6 is 11.3 Å². The Morgan fingerprint density at radius 2 is 2.17 bits per heavy atom. The number of hydrogen-bond donors (Lipinski definition) is 1. The lowest BCUT2D eigenvalue weighted by atomic mass is 9.91. The highest BCUT2D eigenvalue weighted by Crippen LogP contribution is 2.32. The van der Waals surface area contributed by atoms with E-state index in [1.54, 1.807) is 34.3 Å². The van der Waals surface area contributed by atoms with E-state index in [4.69, 9.17) is 9.72 Å². The molecule has 0 unspecified atom stereocenters. The second-order valence-electron chi connectivity index (χ2n) is 6.15. The third-order valence-electron chi connectivity index (χ3n) is 4.61. The predicted octanol–water partition coefficient (Wildman–Crippen LogP) is 2.37. The first kappa shape index (κ1) is 14.8. The van der Waals surface area contributed by atoms with Crippen molar-refractivity contribution in [2.24, 2.45) is 0 Å². The molecule has 4 rings (SSSR count). The number of hydrogen-bond acceptors (Lipinski definition) is 6. The van der Waals surface area contributed by atoms with Gasteiger partial charge in [-0.2, -0.15) is 5.10 Å². The Morgan fingerprint density at radius 3 is 2.96 bits per heavy atom.